The minimum absolute atomic E-state index is 0.164. The number of pyridine rings is 1. The summed E-state index contributed by atoms with van der Waals surface area (Å²) in [5, 5.41) is 10.8. The summed E-state index contributed by atoms with van der Waals surface area (Å²) in [6.07, 6.45) is 1.72. The Morgan fingerprint density at radius 2 is 2.00 bits per heavy atom. The number of rotatable bonds is 4. The van der Waals surface area contributed by atoms with Gasteiger partial charge >= 0.3 is 6.03 Å². The SMILES string of the molecule is Cc1nnc(-c2cccnc2N2CCN(C(=O)NCc3cccc(F)c3)CC2)o1. The van der Waals surface area contributed by atoms with E-state index in [0.29, 0.717) is 38.0 Å². The zero-order chi connectivity index (χ0) is 20.2. The normalized spacial score (nSPS) is 14.1. The third kappa shape index (κ3) is 4.34. The molecule has 1 N–H and O–H groups in total. The van der Waals surface area contributed by atoms with E-state index < -0.39 is 0 Å². The van der Waals surface area contributed by atoms with Crippen molar-refractivity contribution >= 4 is 11.8 Å². The molecule has 4 rings (SSSR count). The van der Waals surface area contributed by atoms with Gasteiger partial charge in [-0.05, 0) is 29.8 Å². The lowest BCUT2D eigenvalue weighted by atomic mass is 10.2. The molecule has 8 nitrogen and oxygen atoms in total. The van der Waals surface area contributed by atoms with E-state index in [1.807, 2.05) is 12.1 Å². The van der Waals surface area contributed by atoms with E-state index in [0.717, 1.165) is 16.9 Å². The minimum Gasteiger partial charge on any atom is -0.421 e. The molecule has 0 radical (unpaired) electrons. The Balaban J connectivity index is 1.37. The molecule has 0 saturated carbocycles. The quantitative estimate of drug-likeness (QED) is 0.729. The molecule has 2 aromatic heterocycles. The number of hydrogen-bond donors (Lipinski definition) is 1. The Kier molecular flexibility index (Phi) is 5.37. The number of hydrogen-bond acceptors (Lipinski definition) is 6. The molecule has 1 aromatic carbocycles. The molecule has 1 aliphatic rings. The van der Waals surface area contributed by atoms with Gasteiger partial charge in [0.25, 0.3) is 5.89 Å². The van der Waals surface area contributed by atoms with Gasteiger partial charge in [0.05, 0.1) is 5.56 Å². The van der Waals surface area contributed by atoms with Crippen molar-refractivity contribution in [1.82, 2.24) is 25.4 Å². The molecule has 1 fully saturated rings. The minimum atomic E-state index is -0.312. The first-order valence-corrected chi connectivity index (χ1v) is 9.38. The highest BCUT2D eigenvalue weighted by molar-refractivity contribution is 5.75. The standard InChI is InChI=1S/C20H21FN6O2/c1-14-24-25-19(29-14)17-6-3-7-22-18(17)26-8-10-27(11-9-26)20(28)23-13-15-4-2-5-16(21)12-15/h2-7,12H,8-11,13H2,1H3,(H,23,28). The molecule has 0 spiro atoms. The van der Waals surface area contributed by atoms with Gasteiger partial charge in [-0.2, -0.15) is 0 Å². The molecular formula is C20H21FN6O2. The van der Waals surface area contributed by atoms with Crippen molar-refractivity contribution in [3.8, 4) is 11.5 Å². The lowest BCUT2D eigenvalue weighted by Crippen LogP contribution is -2.52. The van der Waals surface area contributed by atoms with Gasteiger partial charge in [-0.15, -0.1) is 10.2 Å². The van der Waals surface area contributed by atoms with Gasteiger partial charge in [-0.1, -0.05) is 12.1 Å². The van der Waals surface area contributed by atoms with Crippen LogP contribution in [0.25, 0.3) is 11.5 Å². The fourth-order valence-corrected chi connectivity index (χ4v) is 3.28. The van der Waals surface area contributed by atoms with Crippen LogP contribution >= 0.6 is 0 Å². The molecule has 0 aliphatic carbocycles. The van der Waals surface area contributed by atoms with Crippen LogP contribution in [-0.4, -0.2) is 52.3 Å². The van der Waals surface area contributed by atoms with Gasteiger partial charge in [0.2, 0.25) is 5.89 Å². The second-order valence-corrected chi connectivity index (χ2v) is 6.76. The zero-order valence-corrected chi connectivity index (χ0v) is 16.0. The fourth-order valence-electron chi connectivity index (χ4n) is 3.28. The Morgan fingerprint density at radius 3 is 2.72 bits per heavy atom. The number of carbonyl (C=O) groups excluding carboxylic acids is 1. The zero-order valence-electron chi connectivity index (χ0n) is 16.0. The van der Waals surface area contributed by atoms with E-state index in [1.54, 1.807) is 30.2 Å². The van der Waals surface area contributed by atoms with Crippen LogP contribution in [0.15, 0.2) is 47.0 Å². The van der Waals surface area contributed by atoms with Gasteiger partial charge in [0.15, 0.2) is 0 Å². The summed E-state index contributed by atoms with van der Waals surface area (Å²) < 4.78 is 18.8. The Bertz CT molecular complexity index is 1000. The molecule has 150 valence electrons. The summed E-state index contributed by atoms with van der Waals surface area (Å²) in [4.78, 5) is 20.8. The summed E-state index contributed by atoms with van der Waals surface area (Å²) in [5.74, 6) is 1.37. The average Bonchev–Trinajstić information content (AvgIpc) is 3.18. The van der Waals surface area contributed by atoms with E-state index in [1.165, 1.54) is 12.1 Å². The van der Waals surface area contributed by atoms with E-state index in [-0.39, 0.29) is 18.4 Å². The number of nitrogens with zero attached hydrogens (tertiary/aromatic N) is 5. The van der Waals surface area contributed by atoms with Gasteiger partial charge in [-0.25, -0.2) is 14.2 Å². The summed E-state index contributed by atoms with van der Waals surface area (Å²) in [7, 11) is 0. The van der Waals surface area contributed by atoms with Crippen LogP contribution in [0, 0.1) is 12.7 Å². The van der Waals surface area contributed by atoms with Crippen molar-refractivity contribution < 1.29 is 13.6 Å². The number of halogens is 1. The highest BCUT2D eigenvalue weighted by Gasteiger charge is 2.24. The second-order valence-electron chi connectivity index (χ2n) is 6.76. The van der Waals surface area contributed by atoms with Crippen molar-refractivity contribution in [3.63, 3.8) is 0 Å². The molecule has 1 saturated heterocycles. The number of aryl methyl sites for hydroxylation is 1. The molecule has 9 heteroatoms. The Morgan fingerprint density at radius 1 is 1.17 bits per heavy atom. The van der Waals surface area contributed by atoms with Gasteiger partial charge < -0.3 is 19.5 Å². The van der Waals surface area contributed by atoms with Crippen LogP contribution in [0.2, 0.25) is 0 Å². The largest absolute Gasteiger partial charge is 0.421 e. The van der Waals surface area contributed by atoms with Crippen molar-refractivity contribution in [1.29, 1.82) is 0 Å². The van der Waals surface area contributed by atoms with E-state index in [9.17, 15) is 9.18 Å². The number of aromatic nitrogens is 3. The maximum absolute atomic E-state index is 13.3. The monoisotopic (exact) mass is 396 g/mol. The maximum atomic E-state index is 13.3. The van der Waals surface area contributed by atoms with Crippen molar-refractivity contribution in [2.24, 2.45) is 0 Å². The van der Waals surface area contributed by atoms with Crippen molar-refractivity contribution in [2.45, 2.75) is 13.5 Å². The first-order chi connectivity index (χ1) is 14.1. The number of benzene rings is 1. The van der Waals surface area contributed by atoms with Crippen LogP contribution in [0.4, 0.5) is 15.0 Å². The van der Waals surface area contributed by atoms with Gasteiger partial charge in [-0.3, -0.25) is 0 Å². The smallest absolute Gasteiger partial charge is 0.317 e. The van der Waals surface area contributed by atoms with E-state index in [2.05, 4.69) is 25.4 Å². The highest BCUT2D eigenvalue weighted by Crippen LogP contribution is 2.28. The summed E-state index contributed by atoms with van der Waals surface area (Å²) in [6.45, 7) is 4.39. The van der Waals surface area contributed by atoms with Crippen molar-refractivity contribution in [3.05, 3.63) is 59.9 Å². The predicted molar refractivity (Wildman–Crippen MR) is 105 cm³/mol. The number of amides is 2. The first kappa shape index (κ1) is 18.9. The Labute approximate surface area is 167 Å². The maximum Gasteiger partial charge on any atom is 0.317 e. The lowest BCUT2D eigenvalue weighted by Gasteiger charge is -2.35. The number of anilines is 1. The predicted octanol–water partition coefficient (Wildman–Crippen LogP) is 2.61. The molecule has 29 heavy (non-hydrogen) atoms. The lowest BCUT2D eigenvalue weighted by molar-refractivity contribution is 0.194. The summed E-state index contributed by atoms with van der Waals surface area (Å²) in [6, 6.07) is 9.77. The number of piperazine rings is 1. The average molecular weight is 396 g/mol. The molecule has 3 aromatic rings. The molecule has 0 atom stereocenters. The molecule has 0 unspecified atom stereocenters. The van der Waals surface area contributed by atoms with Crippen LogP contribution in [0.3, 0.4) is 0 Å². The van der Waals surface area contributed by atoms with Gasteiger partial charge in [0.1, 0.15) is 11.6 Å². The highest BCUT2D eigenvalue weighted by atomic mass is 19.1. The van der Waals surface area contributed by atoms with E-state index >= 15 is 0 Å². The molecular weight excluding hydrogens is 375 g/mol. The van der Waals surface area contributed by atoms with E-state index in [4.69, 9.17) is 4.42 Å². The van der Waals surface area contributed by atoms with Gasteiger partial charge in [0, 0.05) is 45.8 Å². The van der Waals surface area contributed by atoms with Crippen molar-refractivity contribution in [2.75, 3.05) is 31.1 Å². The van der Waals surface area contributed by atoms with Crippen LogP contribution < -0.4 is 10.2 Å². The van der Waals surface area contributed by atoms with Crippen LogP contribution in [-0.2, 0) is 6.54 Å². The molecule has 2 amide bonds. The second kappa shape index (κ2) is 8.26. The third-order valence-corrected chi connectivity index (χ3v) is 4.74. The fraction of sp³-hybridized carbons (Fsp3) is 0.300. The molecule has 3 heterocycles. The number of carbonyl (C=O) groups is 1. The van der Waals surface area contributed by atoms with Crippen LogP contribution in [0.1, 0.15) is 11.5 Å². The summed E-state index contributed by atoms with van der Waals surface area (Å²) in [5.41, 5.74) is 1.50. The first-order valence-electron chi connectivity index (χ1n) is 9.38. The Hall–Kier alpha value is -3.49. The summed E-state index contributed by atoms with van der Waals surface area (Å²) >= 11 is 0. The number of urea groups is 1. The van der Waals surface area contributed by atoms with Crippen LogP contribution in [0.5, 0.6) is 0 Å². The number of nitrogens with one attached hydrogen (secondary N) is 1. The molecule has 0 bridgehead atoms. The topological polar surface area (TPSA) is 87.4 Å². The third-order valence-electron chi connectivity index (χ3n) is 4.74. The molecule has 1 aliphatic heterocycles.